The average Bonchev–Trinajstić information content (AvgIpc) is 2.03. The van der Waals surface area contributed by atoms with Gasteiger partial charge in [-0.2, -0.15) is 0 Å². The smallest absolute Gasteiger partial charge is 0.220 e. The molecule has 0 amide bonds. The van der Waals surface area contributed by atoms with E-state index >= 15 is 0 Å². The summed E-state index contributed by atoms with van der Waals surface area (Å²) in [5.74, 6) is 0.224. The molecule has 0 unspecified atom stereocenters. The molecule has 0 aromatic carbocycles. The number of hydrogen-bond acceptors (Lipinski definition) is 5. The van der Waals surface area contributed by atoms with Gasteiger partial charge in [-0.3, -0.25) is 0 Å². The number of rotatable bonds is 1. The topological polar surface area (TPSA) is 84.4 Å². The molecule has 0 atom stereocenters. The molecule has 0 saturated heterocycles. The van der Waals surface area contributed by atoms with Crippen molar-refractivity contribution >= 4 is 11.7 Å². The summed E-state index contributed by atoms with van der Waals surface area (Å²) in [6.45, 7) is 3.45. The quantitative estimate of drug-likeness (QED) is 0.363. The van der Waals surface area contributed by atoms with Crippen LogP contribution in [0, 0.1) is 6.92 Å². The van der Waals surface area contributed by atoms with E-state index in [2.05, 4.69) is 15.1 Å². The van der Waals surface area contributed by atoms with Crippen LogP contribution < -0.4 is 5.73 Å². The number of aromatic nitrogens is 2. The van der Waals surface area contributed by atoms with Gasteiger partial charge in [0.15, 0.2) is 0 Å². The number of aryl methyl sites for hydroxylation is 1. The van der Waals surface area contributed by atoms with Crippen molar-refractivity contribution in [3.05, 3.63) is 17.5 Å². The first-order valence-electron chi connectivity index (χ1n) is 3.43. The Balaban J connectivity index is 3.18. The van der Waals surface area contributed by atoms with E-state index in [0.717, 1.165) is 0 Å². The van der Waals surface area contributed by atoms with E-state index in [1.165, 1.54) is 6.20 Å². The van der Waals surface area contributed by atoms with E-state index in [9.17, 15) is 0 Å². The van der Waals surface area contributed by atoms with Gasteiger partial charge in [0.05, 0.1) is 11.4 Å². The second kappa shape index (κ2) is 3.17. The van der Waals surface area contributed by atoms with E-state index in [1.54, 1.807) is 13.8 Å². The monoisotopic (exact) mass is 166 g/mol. The fourth-order valence-electron chi connectivity index (χ4n) is 0.894. The highest BCUT2D eigenvalue weighted by Crippen LogP contribution is 2.05. The molecule has 1 aromatic heterocycles. The maximum atomic E-state index is 8.48. The Kier molecular flexibility index (Phi) is 2.23. The summed E-state index contributed by atoms with van der Waals surface area (Å²) in [5, 5.41) is 11.5. The van der Waals surface area contributed by atoms with E-state index in [4.69, 9.17) is 10.9 Å². The maximum absolute atomic E-state index is 8.48. The zero-order valence-electron chi connectivity index (χ0n) is 6.94. The van der Waals surface area contributed by atoms with Crippen molar-refractivity contribution in [3.8, 4) is 0 Å². The van der Waals surface area contributed by atoms with E-state index in [1.807, 2.05) is 0 Å². The predicted octanol–water partition coefficient (Wildman–Crippen LogP) is 0.565. The van der Waals surface area contributed by atoms with Crippen LogP contribution in [0.1, 0.15) is 18.2 Å². The van der Waals surface area contributed by atoms with Crippen LogP contribution in [0.25, 0.3) is 0 Å². The molecule has 1 rings (SSSR count). The van der Waals surface area contributed by atoms with Gasteiger partial charge in [0.2, 0.25) is 5.95 Å². The molecule has 0 aliphatic heterocycles. The third-order valence-electron chi connectivity index (χ3n) is 1.54. The van der Waals surface area contributed by atoms with Crippen LogP contribution in [-0.4, -0.2) is 20.9 Å². The Hall–Kier alpha value is -1.65. The van der Waals surface area contributed by atoms with Crippen molar-refractivity contribution in [3.63, 3.8) is 0 Å². The number of nitrogens with zero attached hydrogens (tertiary/aromatic N) is 3. The van der Waals surface area contributed by atoms with Gasteiger partial charge in [-0.15, -0.1) is 0 Å². The van der Waals surface area contributed by atoms with Crippen molar-refractivity contribution in [2.75, 3.05) is 5.73 Å². The third-order valence-corrected chi connectivity index (χ3v) is 1.54. The molecule has 0 spiro atoms. The maximum Gasteiger partial charge on any atom is 0.220 e. The van der Waals surface area contributed by atoms with Crippen molar-refractivity contribution in [2.45, 2.75) is 13.8 Å². The highest BCUT2D eigenvalue weighted by Gasteiger charge is 2.04. The third kappa shape index (κ3) is 1.50. The minimum atomic E-state index is 0.224. The lowest BCUT2D eigenvalue weighted by Gasteiger charge is -2.01. The molecule has 0 aliphatic rings. The largest absolute Gasteiger partial charge is 0.411 e. The normalized spacial score (nSPS) is 11.7. The first-order chi connectivity index (χ1) is 5.65. The highest BCUT2D eigenvalue weighted by atomic mass is 16.4. The van der Waals surface area contributed by atoms with Crippen molar-refractivity contribution in [1.29, 1.82) is 0 Å². The van der Waals surface area contributed by atoms with Gasteiger partial charge in [0.25, 0.3) is 0 Å². The Morgan fingerprint density at radius 2 is 2.33 bits per heavy atom. The van der Waals surface area contributed by atoms with E-state index in [0.29, 0.717) is 17.0 Å². The van der Waals surface area contributed by atoms with Gasteiger partial charge in [0.1, 0.15) is 0 Å². The molecule has 1 heterocycles. The highest BCUT2D eigenvalue weighted by molar-refractivity contribution is 5.98. The summed E-state index contributed by atoms with van der Waals surface area (Å²) in [7, 11) is 0. The summed E-state index contributed by atoms with van der Waals surface area (Å²) in [5.41, 5.74) is 7.23. The fraction of sp³-hybridized carbons (Fsp3) is 0.286. The molecule has 0 aliphatic carbocycles. The second-order valence-corrected chi connectivity index (χ2v) is 2.41. The van der Waals surface area contributed by atoms with Gasteiger partial charge < -0.3 is 10.9 Å². The first kappa shape index (κ1) is 8.45. The SMILES string of the molecule is CC(=NO)c1cnc(N)nc1C. The van der Waals surface area contributed by atoms with Crippen molar-refractivity contribution in [1.82, 2.24) is 9.97 Å². The van der Waals surface area contributed by atoms with Gasteiger partial charge in [-0.05, 0) is 13.8 Å². The molecule has 0 saturated carbocycles. The van der Waals surface area contributed by atoms with E-state index < -0.39 is 0 Å². The van der Waals surface area contributed by atoms with Crippen LogP contribution in [0.3, 0.4) is 0 Å². The molecule has 64 valence electrons. The lowest BCUT2D eigenvalue weighted by molar-refractivity contribution is 0.319. The standard InChI is InChI=1S/C7H10N4O/c1-4-6(5(2)11-12)3-9-7(8)10-4/h3,12H,1-2H3,(H2,8,9,10). The molecular weight excluding hydrogens is 156 g/mol. The van der Waals surface area contributed by atoms with Gasteiger partial charge in [0, 0.05) is 11.8 Å². The van der Waals surface area contributed by atoms with Gasteiger partial charge >= 0.3 is 0 Å². The van der Waals surface area contributed by atoms with Gasteiger partial charge in [-0.1, -0.05) is 5.16 Å². The Morgan fingerprint density at radius 3 is 2.83 bits per heavy atom. The summed E-state index contributed by atoms with van der Waals surface area (Å²) in [6.07, 6.45) is 1.53. The summed E-state index contributed by atoms with van der Waals surface area (Å²) < 4.78 is 0. The minimum absolute atomic E-state index is 0.224. The summed E-state index contributed by atoms with van der Waals surface area (Å²) >= 11 is 0. The number of hydrogen-bond donors (Lipinski definition) is 2. The Labute approximate surface area is 69.9 Å². The van der Waals surface area contributed by atoms with Crippen molar-refractivity contribution in [2.24, 2.45) is 5.16 Å². The minimum Gasteiger partial charge on any atom is -0.411 e. The van der Waals surface area contributed by atoms with Crippen molar-refractivity contribution < 1.29 is 5.21 Å². The molecule has 0 radical (unpaired) electrons. The predicted molar refractivity (Wildman–Crippen MR) is 45.2 cm³/mol. The average molecular weight is 166 g/mol. The van der Waals surface area contributed by atoms with Crippen LogP contribution in [0.2, 0.25) is 0 Å². The lowest BCUT2D eigenvalue weighted by atomic mass is 10.2. The molecule has 1 aromatic rings. The molecular formula is C7H10N4O. The van der Waals surface area contributed by atoms with Crippen LogP contribution in [0.4, 0.5) is 5.95 Å². The lowest BCUT2D eigenvalue weighted by Crippen LogP contribution is -2.04. The number of oxime groups is 1. The second-order valence-electron chi connectivity index (χ2n) is 2.41. The first-order valence-corrected chi connectivity index (χ1v) is 3.43. The number of nitrogen functional groups attached to an aromatic ring is 1. The summed E-state index contributed by atoms with van der Waals surface area (Å²) in [6, 6.07) is 0. The zero-order chi connectivity index (χ0) is 9.14. The van der Waals surface area contributed by atoms with Crippen LogP contribution >= 0.6 is 0 Å². The Bertz CT molecular complexity index is 321. The van der Waals surface area contributed by atoms with E-state index in [-0.39, 0.29) is 5.95 Å². The fourth-order valence-corrected chi connectivity index (χ4v) is 0.894. The molecule has 0 bridgehead atoms. The van der Waals surface area contributed by atoms with Crippen LogP contribution in [0.5, 0.6) is 0 Å². The molecule has 3 N–H and O–H groups in total. The molecule has 5 heteroatoms. The number of nitrogens with two attached hydrogens (primary N) is 1. The van der Waals surface area contributed by atoms with Gasteiger partial charge in [-0.25, -0.2) is 9.97 Å². The zero-order valence-corrected chi connectivity index (χ0v) is 6.94. The molecule has 5 nitrogen and oxygen atoms in total. The van der Waals surface area contributed by atoms with Crippen LogP contribution in [0.15, 0.2) is 11.4 Å². The Morgan fingerprint density at radius 1 is 1.67 bits per heavy atom. The summed E-state index contributed by atoms with van der Waals surface area (Å²) in [4.78, 5) is 7.70. The number of anilines is 1. The molecule has 0 fully saturated rings. The molecule has 12 heavy (non-hydrogen) atoms. The van der Waals surface area contributed by atoms with Crippen LogP contribution in [-0.2, 0) is 0 Å².